The minimum Gasteiger partial charge on any atom is -0.396 e. The highest BCUT2D eigenvalue weighted by Gasteiger charge is 2.22. The molecule has 0 spiro atoms. The second-order valence-electron chi connectivity index (χ2n) is 5.90. The first-order valence-corrected chi connectivity index (χ1v) is 8.15. The quantitative estimate of drug-likeness (QED) is 0.791. The van der Waals surface area contributed by atoms with Gasteiger partial charge in [0.1, 0.15) is 0 Å². The number of ketones is 1. The van der Waals surface area contributed by atoms with Crippen LogP contribution in [0.2, 0.25) is 5.02 Å². The van der Waals surface area contributed by atoms with E-state index in [1.54, 1.807) is 24.3 Å². The molecule has 1 aromatic carbocycles. The second-order valence-corrected chi connectivity index (χ2v) is 6.33. The number of carbonyl (C=O) groups excluding carboxylic acids is 2. The van der Waals surface area contributed by atoms with E-state index in [0.717, 1.165) is 25.7 Å². The van der Waals surface area contributed by atoms with E-state index in [1.807, 2.05) is 0 Å². The Balaban J connectivity index is 1.71. The fourth-order valence-corrected chi connectivity index (χ4v) is 2.92. The number of amides is 1. The number of hydrogen-bond acceptors (Lipinski definition) is 3. The van der Waals surface area contributed by atoms with Crippen molar-refractivity contribution in [2.45, 2.75) is 44.6 Å². The van der Waals surface area contributed by atoms with Gasteiger partial charge in [-0.2, -0.15) is 0 Å². The van der Waals surface area contributed by atoms with E-state index in [0.29, 0.717) is 16.5 Å². The first kappa shape index (κ1) is 17.0. The molecule has 0 atom stereocenters. The van der Waals surface area contributed by atoms with Crippen molar-refractivity contribution in [2.24, 2.45) is 5.92 Å². The van der Waals surface area contributed by atoms with Crippen molar-refractivity contribution >= 4 is 23.3 Å². The van der Waals surface area contributed by atoms with Gasteiger partial charge in [-0.05, 0) is 55.9 Å². The van der Waals surface area contributed by atoms with Gasteiger partial charge in [0.15, 0.2) is 5.78 Å². The average molecular weight is 324 g/mol. The van der Waals surface area contributed by atoms with Crippen molar-refractivity contribution in [3.8, 4) is 0 Å². The molecule has 1 aromatic rings. The van der Waals surface area contributed by atoms with E-state index in [1.165, 1.54) is 0 Å². The smallest absolute Gasteiger partial charge is 0.220 e. The van der Waals surface area contributed by atoms with Gasteiger partial charge in [0.2, 0.25) is 5.91 Å². The molecule has 1 aliphatic rings. The number of nitrogens with one attached hydrogen (secondary N) is 1. The summed E-state index contributed by atoms with van der Waals surface area (Å²) in [6, 6.07) is 6.89. The Morgan fingerprint density at radius 1 is 1.09 bits per heavy atom. The molecular weight excluding hydrogens is 302 g/mol. The molecule has 2 N–H and O–H groups in total. The molecule has 0 unspecified atom stereocenters. The Bertz CT molecular complexity index is 507. The molecule has 1 fully saturated rings. The molecule has 1 saturated carbocycles. The summed E-state index contributed by atoms with van der Waals surface area (Å²) in [5, 5.41) is 12.7. The van der Waals surface area contributed by atoms with Gasteiger partial charge < -0.3 is 10.4 Å². The molecule has 0 radical (unpaired) electrons. The summed E-state index contributed by atoms with van der Waals surface area (Å²) >= 11 is 5.78. The van der Waals surface area contributed by atoms with Crippen molar-refractivity contribution in [2.75, 3.05) is 6.61 Å². The topological polar surface area (TPSA) is 66.4 Å². The van der Waals surface area contributed by atoms with E-state index in [9.17, 15) is 9.59 Å². The molecule has 2 rings (SSSR count). The molecule has 5 heteroatoms. The van der Waals surface area contributed by atoms with Crippen molar-refractivity contribution < 1.29 is 14.7 Å². The summed E-state index contributed by atoms with van der Waals surface area (Å²) in [6.07, 6.45) is 4.13. The molecular formula is C17H22ClNO3. The SMILES string of the molecule is O=C(CCC(=O)c1ccc(Cl)cc1)NC1CCC(CO)CC1. The second kappa shape index (κ2) is 8.30. The Labute approximate surface area is 135 Å². The molecule has 0 heterocycles. The summed E-state index contributed by atoms with van der Waals surface area (Å²) in [6.45, 7) is 0.232. The third-order valence-electron chi connectivity index (χ3n) is 4.22. The molecule has 120 valence electrons. The number of Topliss-reactive ketones (excluding diaryl/α,β-unsaturated/α-hetero) is 1. The first-order chi connectivity index (χ1) is 10.6. The molecule has 4 nitrogen and oxygen atoms in total. The van der Waals surface area contributed by atoms with E-state index in [2.05, 4.69) is 5.32 Å². The normalized spacial score (nSPS) is 21.4. The predicted molar refractivity (Wildman–Crippen MR) is 86.0 cm³/mol. The van der Waals surface area contributed by atoms with Crippen LogP contribution >= 0.6 is 11.6 Å². The van der Waals surface area contributed by atoms with Crippen LogP contribution in [-0.4, -0.2) is 29.4 Å². The van der Waals surface area contributed by atoms with Gasteiger partial charge in [-0.1, -0.05) is 11.6 Å². The maximum Gasteiger partial charge on any atom is 0.220 e. The zero-order chi connectivity index (χ0) is 15.9. The van der Waals surface area contributed by atoms with Crippen LogP contribution in [0, 0.1) is 5.92 Å². The number of carbonyl (C=O) groups is 2. The summed E-state index contributed by atoms with van der Waals surface area (Å²) in [5.41, 5.74) is 0.584. The van der Waals surface area contributed by atoms with Crippen LogP contribution in [-0.2, 0) is 4.79 Å². The molecule has 22 heavy (non-hydrogen) atoms. The number of aliphatic hydroxyl groups excluding tert-OH is 1. The predicted octanol–water partition coefficient (Wildman–Crippen LogP) is 2.97. The number of hydrogen-bond donors (Lipinski definition) is 2. The minimum atomic E-state index is -0.0743. The van der Waals surface area contributed by atoms with Gasteiger partial charge >= 0.3 is 0 Å². The Kier molecular flexibility index (Phi) is 6.40. The van der Waals surface area contributed by atoms with Crippen molar-refractivity contribution in [3.63, 3.8) is 0 Å². The van der Waals surface area contributed by atoms with Crippen LogP contribution in [0.5, 0.6) is 0 Å². The summed E-state index contributed by atoms with van der Waals surface area (Å²) in [4.78, 5) is 23.9. The highest BCUT2D eigenvalue weighted by Crippen LogP contribution is 2.23. The van der Waals surface area contributed by atoms with E-state index in [4.69, 9.17) is 16.7 Å². The largest absolute Gasteiger partial charge is 0.396 e. The summed E-state index contributed by atoms with van der Waals surface area (Å²) in [5.74, 6) is 0.255. The van der Waals surface area contributed by atoms with Crippen LogP contribution in [0.15, 0.2) is 24.3 Å². The highest BCUT2D eigenvalue weighted by molar-refractivity contribution is 6.30. The highest BCUT2D eigenvalue weighted by atomic mass is 35.5. The molecule has 0 bridgehead atoms. The lowest BCUT2D eigenvalue weighted by atomic mass is 9.86. The lowest BCUT2D eigenvalue weighted by Gasteiger charge is -2.27. The Morgan fingerprint density at radius 3 is 2.32 bits per heavy atom. The van der Waals surface area contributed by atoms with Crippen LogP contribution in [0.4, 0.5) is 0 Å². The maximum absolute atomic E-state index is 12.0. The zero-order valence-electron chi connectivity index (χ0n) is 12.6. The van der Waals surface area contributed by atoms with E-state index < -0.39 is 0 Å². The van der Waals surface area contributed by atoms with Gasteiger partial charge in [0, 0.05) is 36.1 Å². The molecule has 0 aromatic heterocycles. The molecule has 1 aliphatic carbocycles. The minimum absolute atomic E-state index is 0.0456. The van der Waals surface area contributed by atoms with Crippen LogP contribution in [0.1, 0.15) is 48.9 Å². The summed E-state index contributed by atoms with van der Waals surface area (Å²) < 4.78 is 0. The number of halogens is 1. The summed E-state index contributed by atoms with van der Waals surface area (Å²) in [7, 11) is 0. The third kappa shape index (κ3) is 5.11. The number of benzene rings is 1. The average Bonchev–Trinajstić information content (AvgIpc) is 2.54. The first-order valence-electron chi connectivity index (χ1n) is 7.77. The Hall–Kier alpha value is -1.39. The fraction of sp³-hybridized carbons (Fsp3) is 0.529. The number of rotatable bonds is 6. The number of aliphatic hydroxyl groups is 1. The van der Waals surface area contributed by atoms with Gasteiger partial charge in [-0.15, -0.1) is 0 Å². The van der Waals surface area contributed by atoms with Crippen LogP contribution in [0.25, 0.3) is 0 Å². The monoisotopic (exact) mass is 323 g/mol. The van der Waals surface area contributed by atoms with Crippen molar-refractivity contribution in [1.29, 1.82) is 0 Å². The van der Waals surface area contributed by atoms with E-state index in [-0.39, 0.29) is 37.2 Å². The fourth-order valence-electron chi connectivity index (χ4n) is 2.80. The van der Waals surface area contributed by atoms with Crippen molar-refractivity contribution in [1.82, 2.24) is 5.32 Å². The molecule has 0 saturated heterocycles. The van der Waals surface area contributed by atoms with E-state index >= 15 is 0 Å². The molecule has 0 aliphatic heterocycles. The molecule has 1 amide bonds. The van der Waals surface area contributed by atoms with Crippen molar-refractivity contribution in [3.05, 3.63) is 34.9 Å². The maximum atomic E-state index is 12.0. The lowest BCUT2D eigenvalue weighted by molar-refractivity contribution is -0.122. The Morgan fingerprint density at radius 2 is 1.73 bits per heavy atom. The van der Waals surface area contributed by atoms with Gasteiger partial charge in [0.05, 0.1) is 0 Å². The van der Waals surface area contributed by atoms with Crippen LogP contribution < -0.4 is 5.32 Å². The third-order valence-corrected chi connectivity index (χ3v) is 4.47. The van der Waals surface area contributed by atoms with Gasteiger partial charge in [-0.3, -0.25) is 9.59 Å². The van der Waals surface area contributed by atoms with Gasteiger partial charge in [-0.25, -0.2) is 0 Å². The van der Waals surface area contributed by atoms with Gasteiger partial charge in [0.25, 0.3) is 0 Å². The lowest BCUT2D eigenvalue weighted by Crippen LogP contribution is -2.38. The van der Waals surface area contributed by atoms with Crippen LogP contribution in [0.3, 0.4) is 0 Å². The zero-order valence-corrected chi connectivity index (χ0v) is 13.3. The standard InChI is InChI=1S/C17H22ClNO3/c18-14-5-3-13(4-6-14)16(21)9-10-17(22)19-15-7-1-12(11-20)2-8-15/h3-6,12,15,20H,1-2,7-11H2,(H,19,22).